The lowest BCUT2D eigenvalue weighted by molar-refractivity contribution is -0.246. The molecule has 0 aromatic heterocycles. The summed E-state index contributed by atoms with van der Waals surface area (Å²) in [6.45, 7) is 11.9. The fourth-order valence-corrected chi connectivity index (χ4v) is 8.82. The molecule has 4 fully saturated rings. The number of Topliss-reactive ketones (excluding diaryl/α,β-unsaturated/α-hetero) is 1. The summed E-state index contributed by atoms with van der Waals surface area (Å²) in [5.41, 5.74) is -8.07. The fourth-order valence-electron chi connectivity index (χ4n) is 8.82. The molecule has 1 saturated heterocycles. The van der Waals surface area contributed by atoms with Crippen LogP contribution < -0.4 is 0 Å². The van der Waals surface area contributed by atoms with Crippen molar-refractivity contribution < 1.29 is 49.0 Å². The van der Waals surface area contributed by atoms with Crippen LogP contribution in [0.5, 0.6) is 0 Å². The summed E-state index contributed by atoms with van der Waals surface area (Å²) >= 11 is 0. The van der Waals surface area contributed by atoms with Gasteiger partial charge in [0.1, 0.15) is 17.8 Å². The molecule has 0 amide bonds. The number of aliphatic hydroxyl groups excluding tert-OH is 2. The average Bonchev–Trinajstić information content (AvgIpc) is 3.76. The lowest BCUT2D eigenvalue weighted by atomic mass is 9.58. The van der Waals surface area contributed by atoms with Crippen LogP contribution in [0.1, 0.15) is 80.6 Å². The van der Waals surface area contributed by atoms with Gasteiger partial charge in [-0.1, -0.05) is 60.5 Å². The fraction of sp³-hybridized carbons (Fsp3) is 0.839. The quantitative estimate of drug-likeness (QED) is 0.180. The van der Waals surface area contributed by atoms with Crippen LogP contribution in [-0.2, 0) is 28.6 Å². The largest absolute Gasteiger partial charge is 0.458 e. The van der Waals surface area contributed by atoms with Crippen molar-refractivity contribution in [2.45, 2.75) is 121 Å². The summed E-state index contributed by atoms with van der Waals surface area (Å²) in [4.78, 5) is 40.0. The SMILES string of the molecule is CCCCCC(=O)OC1C(C)C2(O)C(C3OC3(CO)C(O)C3(O)C(=O)C(C)=CC32)C2C(C)(C)C12OC(=O)C(C)CC. The Morgan fingerprint density at radius 1 is 1.17 bits per heavy atom. The van der Waals surface area contributed by atoms with Gasteiger partial charge >= 0.3 is 11.9 Å². The van der Waals surface area contributed by atoms with Crippen LogP contribution in [0, 0.1) is 35.0 Å². The van der Waals surface area contributed by atoms with Crippen molar-refractivity contribution in [2.24, 2.45) is 35.0 Å². The maximum Gasteiger partial charge on any atom is 0.309 e. The number of hydrogen-bond acceptors (Lipinski definition) is 10. The number of rotatable bonds is 9. The average molecular weight is 579 g/mol. The number of ether oxygens (including phenoxy) is 3. The van der Waals surface area contributed by atoms with E-state index in [1.165, 1.54) is 13.0 Å². The van der Waals surface area contributed by atoms with E-state index in [2.05, 4.69) is 0 Å². The van der Waals surface area contributed by atoms with Gasteiger partial charge in [0, 0.05) is 35.5 Å². The summed E-state index contributed by atoms with van der Waals surface area (Å²) in [5, 5.41) is 46.9. The number of ketones is 1. The summed E-state index contributed by atoms with van der Waals surface area (Å²) in [7, 11) is 0. The van der Waals surface area contributed by atoms with Crippen molar-refractivity contribution in [1.29, 1.82) is 0 Å². The number of unbranched alkanes of at least 4 members (excludes halogenated alkanes) is 2. The van der Waals surface area contributed by atoms with Crippen LogP contribution in [0.4, 0.5) is 0 Å². The molecule has 5 rings (SSSR count). The van der Waals surface area contributed by atoms with Gasteiger partial charge in [-0.05, 0) is 25.3 Å². The van der Waals surface area contributed by atoms with E-state index in [-0.39, 0.29) is 12.0 Å². The topological polar surface area (TPSA) is 163 Å². The van der Waals surface area contributed by atoms with Crippen LogP contribution in [-0.4, -0.2) is 85.5 Å². The standard InChI is InChI=1S/C31H46O10/c1-8-10-11-12-19(33)39-23-17(5)29(37)18-13-16(4)22(34)30(18,38)26(36)28(14-32)24(40-28)20(29)21-27(6,7)31(21,23)41-25(35)15(3)9-2/h13,15,17-18,20-21,23-24,26,32,36-38H,8-12,14H2,1-7H3. The molecule has 1 heterocycles. The zero-order valence-electron chi connectivity index (χ0n) is 25.2. The zero-order chi connectivity index (χ0) is 30.5. The van der Waals surface area contributed by atoms with E-state index in [4.69, 9.17) is 14.2 Å². The van der Waals surface area contributed by atoms with E-state index < -0.39 is 100 Å². The van der Waals surface area contributed by atoms with Gasteiger partial charge in [-0.3, -0.25) is 14.4 Å². The monoisotopic (exact) mass is 578 g/mol. The second kappa shape index (κ2) is 9.58. The van der Waals surface area contributed by atoms with Gasteiger partial charge < -0.3 is 34.6 Å². The summed E-state index contributed by atoms with van der Waals surface area (Å²) in [6, 6.07) is 0. The van der Waals surface area contributed by atoms with Crippen LogP contribution in [0.2, 0.25) is 0 Å². The lowest BCUT2D eigenvalue weighted by Gasteiger charge is -2.53. The molecule has 10 heteroatoms. The van der Waals surface area contributed by atoms with E-state index in [9.17, 15) is 34.8 Å². The van der Waals surface area contributed by atoms with Crippen LogP contribution in [0.15, 0.2) is 11.6 Å². The van der Waals surface area contributed by atoms with Crippen LogP contribution in [0.3, 0.4) is 0 Å². The number of carbonyl (C=O) groups excluding carboxylic acids is 3. The molecule has 41 heavy (non-hydrogen) atoms. The molecule has 0 spiro atoms. The maximum atomic E-state index is 13.4. The summed E-state index contributed by atoms with van der Waals surface area (Å²) in [5.74, 6) is -5.84. The Bertz CT molecular complexity index is 1160. The van der Waals surface area contributed by atoms with Crippen molar-refractivity contribution >= 4 is 17.7 Å². The Balaban J connectivity index is 1.68. The molecule has 0 radical (unpaired) electrons. The third-order valence-electron chi connectivity index (χ3n) is 11.5. The first-order valence-corrected chi connectivity index (χ1v) is 15.2. The molecule has 4 N–H and O–H groups in total. The van der Waals surface area contributed by atoms with Gasteiger partial charge in [0.15, 0.2) is 17.0 Å². The number of hydrogen-bond donors (Lipinski definition) is 4. The first kappa shape index (κ1) is 30.6. The Morgan fingerprint density at radius 2 is 1.83 bits per heavy atom. The Hall–Kier alpha value is -1.85. The highest BCUT2D eigenvalue weighted by molar-refractivity contribution is 6.05. The maximum absolute atomic E-state index is 13.4. The second-order valence-corrected chi connectivity index (χ2v) is 13.8. The molecular formula is C31H46O10. The van der Waals surface area contributed by atoms with Gasteiger partial charge in [-0.25, -0.2) is 0 Å². The number of aliphatic hydroxyl groups is 4. The minimum absolute atomic E-state index is 0.155. The Kier molecular flexibility index (Phi) is 7.15. The number of carbonyl (C=O) groups is 3. The van der Waals surface area contributed by atoms with Gasteiger partial charge in [-0.2, -0.15) is 0 Å². The third-order valence-corrected chi connectivity index (χ3v) is 11.5. The molecule has 10 nitrogen and oxygen atoms in total. The van der Waals surface area contributed by atoms with E-state index in [1.54, 1.807) is 13.8 Å². The lowest BCUT2D eigenvalue weighted by Crippen LogP contribution is -2.69. The summed E-state index contributed by atoms with van der Waals surface area (Å²) < 4.78 is 18.5. The molecule has 0 aromatic rings. The van der Waals surface area contributed by atoms with Crippen molar-refractivity contribution in [3.8, 4) is 0 Å². The highest BCUT2D eigenvalue weighted by Crippen LogP contribution is 2.80. The first-order chi connectivity index (χ1) is 19.1. The normalized spacial score (nSPS) is 47.5. The highest BCUT2D eigenvalue weighted by atomic mass is 16.6. The predicted octanol–water partition coefficient (Wildman–Crippen LogP) is 1.84. The molecule has 4 aliphatic carbocycles. The smallest absolute Gasteiger partial charge is 0.309 e. The zero-order valence-corrected chi connectivity index (χ0v) is 25.2. The highest BCUT2D eigenvalue weighted by Gasteiger charge is 2.93. The van der Waals surface area contributed by atoms with Crippen molar-refractivity contribution in [2.75, 3.05) is 6.61 Å². The minimum Gasteiger partial charge on any atom is -0.458 e. The molecule has 0 bridgehead atoms. The predicted molar refractivity (Wildman–Crippen MR) is 145 cm³/mol. The second-order valence-electron chi connectivity index (χ2n) is 13.8. The Labute approximate surface area is 241 Å². The Morgan fingerprint density at radius 3 is 2.41 bits per heavy atom. The van der Waals surface area contributed by atoms with E-state index in [0.29, 0.717) is 12.8 Å². The molecule has 230 valence electrons. The van der Waals surface area contributed by atoms with E-state index >= 15 is 0 Å². The molecular weight excluding hydrogens is 532 g/mol. The molecule has 1 aliphatic heterocycles. The molecule has 3 saturated carbocycles. The van der Waals surface area contributed by atoms with Gasteiger partial charge in [0.25, 0.3) is 0 Å². The number of esters is 2. The van der Waals surface area contributed by atoms with Gasteiger partial charge in [-0.15, -0.1) is 0 Å². The van der Waals surface area contributed by atoms with E-state index in [0.717, 1.165) is 12.8 Å². The van der Waals surface area contributed by atoms with Gasteiger partial charge in [0.05, 0.1) is 24.2 Å². The van der Waals surface area contributed by atoms with Crippen molar-refractivity contribution in [3.05, 3.63) is 11.6 Å². The molecule has 5 aliphatic rings. The molecule has 0 aromatic carbocycles. The third kappa shape index (κ3) is 3.63. The summed E-state index contributed by atoms with van der Waals surface area (Å²) in [6.07, 6.45) is 0.680. The number of epoxide rings is 1. The van der Waals surface area contributed by atoms with Crippen LogP contribution >= 0.6 is 0 Å². The van der Waals surface area contributed by atoms with E-state index in [1.807, 2.05) is 27.7 Å². The first-order valence-electron chi connectivity index (χ1n) is 15.2. The molecule has 12 unspecified atom stereocenters. The van der Waals surface area contributed by atoms with Crippen molar-refractivity contribution in [3.63, 3.8) is 0 Å². The van der Waals surface area contributed by atoms with Crippen molar-refractivity contribution in [1.82, 2.24) is 0 Å². The molecule has 12 atom stereocenters. The number of fused-ring (bicyclic) bond motifs is 7. The van der Waals surface area contributed by atoms with Crippen LogP contribution in [0.25, 0.3) is 0 Å². The van der Waals surface area contributed by atoms with Gasteiger partial charge in [0.2, 0.25) is 0 Å². The minimum atomic E-state index is -2.47.